The minimum atomic E-state index is 0.464. The van der Waals surface area contributed by atoms with E-state index >= 15 is 0 Å². The van der Waals surface area contributed by atoms with E-state index in [1.807, 2.05) is 24.3 Å². The molecule has 0 saturated carbocycles. The van der Waals surface area contributed by atoms with Crippen molar-refractivity contribution < 1.29 is 9.47 Å². The van der Waals surface area contributed by atoms with Gasteiger partial charge in [-0.3, -0.25) is 5.43 Å². The lowest BCUT2D eigenvalue weighted by Gasteiger charge is -2.05. The van der Waals surface area contributed by atoms with Crippen molar-refractivity contribution in [3.63, 3.8) is 0 Å². The molecule has 1 rings (SSSR count). The molecular formula is C12H17N3O2S. The minimum absolute atomic E-state index is 0.464. The molecule has 0 heterocycles. The van der Waals surface area contributed by atoms with Gasteiger partial charge in [0.1, 0.15) is 5.75 Å². The SMILES string of the molecule is COCCNC(=S)NN=Cc1cccc(OC)c1. The zero-order valence-corrected chi connectivity index (χ0v) is 11.3. The fraction of sp³-hybridized carbons (Fsp3) is 0.333. The predicted octanol–water partition coefficient (Wildman–Crippen LogP) is 1.14. The summed E-state index contributed by atoms with van der Waals surface area (Å²) in [5, 5.41) is 7.43. The molecule has 1 aromatic carbocycles. The minimum Gasteiger partial charge on any atom is -0.497 e. The van der Waals surface area contributed by atoms with Crippen molar-refractivity contribution in [3.05, 3.63) is 29.8 Å². The van der Waals surface area contributed by atoms with E-state index < -0.39 is 0 Å². The van der Waals surface area contributed by atoms with Gasteiger partial charge in [0.15, 0.2) is 5.11 Å². The van der Waals surface area contributed by atoms with Crippen LogP contribution in [-0.4, -0.2) is 38.7 Å². The van der Waals surface area contributed by atoms with Gasteiger partial charge in [0.25, 0.3) is 0 Å². The van der Waals surface area contributed by atoms with Gasteiger partial charge in [-0.25, -0.2) is 0 Å². The van der Waals surface area contributed by atoms with E-state index in [9.17, 15) is 0 Å². The molecule has 0 aromatic heterocycles. The third-order valence-electron chi connectivity index (χ3n) is 2.07. The van der Waals surface area contributed by atoms with E-state index in [0.717, 1.165) is 11.3 Å². The lowest BCUT2D eigenvalue weighted by molar-refractivity contribution is 0.204. The molecule has 0 atom stereocenters. The van der Waals surface area contributed by atoms with Crippen molar-refractivity contribution in [2.24, 2.45) is 5.10 Å². The summed E-state index contributed by atoms with van der Waals surface area (Å²) >= 11 is 5.02. The zero-order valence-electron chi connectivity index (χ0n) is 10.5. The van der Waals surface area contributed by atoms with Gasteiger partial charge in [-0.1, -0.05) is 12.1 Å². The zero-order chi connectivity index (χ0) is 13.2. The summed E-state index contributed by atoms with van der Waals surface area (Å²) in [7, 11) is 3.27. The Hall–Kier alpha value is -1.66. The number of nitrogens with one attached hydrogen (secondary N) is 2. The van der Waals surface area contributed by atoms with Gasteiger partial charge >= 0.3 is 0 Å². The summed E-state index contributed by atoms with van der Waals surface area (Å²) in [6.45, 7) is 1.25. The second-order valence-corrected chi connectivity index (χ2v) is 3.80. The highest BCUT2D eigenvalue weighted by atomic mass is 32.1. The van der Waals surface area contributed by atoms with E-state index in [1.165, 1.54) is 0 Å². The Morgan fingerprint density at radius 2 is 2.28 bits per heavy atom. The maximum absolute atomic E-state index is 5.11. The van der Waals surface area contributed by atoms with Gasteiger partial charge in [-0.15, -0.1) is 0 Å². The average Bonchev–Trinajstić information content (AvgIpc) is 2.39. The van der Waals surface area contributed by atoms with Crippen LogP contribution in [-0.2, 0) is 4.74 Å². The third-order valence-corrected chi connectivity index (χ3v) is 2.30. The van der Waals surface area contributed by atoms with Crippen molar-refractivity contribution in [1.82, 2.24) is 10.7 Å². The first-order chi connectivity index (χ1) is 8.76. The van der Waals surface area contributed by atoms with Crippen LogP contribution >= 0.6 is 12.2 Å². The van der Waals surface area contributed by atoms with E-state index in [0.29, 0.717) is 18.3 Å². The lowest BCUT2D eigenvalue weighted by Crippen LogP contribution is -2.34. The predicted molar refractivity (Wildman–Crippen MR) is 76.2 cm³/mol. The van der Waals surface area contributed by atoms with Gasteiger partial charge in [0.2, 0.25) is 0 Å². The maximum atomic E-state index is 5.11. The summed E-state index contributed by atoms with van der Waals surface area (Å²) in [5.74, 6) is 0.791. The first-order valence-electron chi connectivity index (χ1n) is 5.46. The van der Waals surface area contributed by atoms with Crippen LogP contribution in [0.3, 0.4) is 0 Å². The van der Waals surface area contributed by atoms with Gasteiger partial charge in [-0.05, 0) is 29.9 Å². The molecule has 5 nitrogen and oxygen atoms in total. The Morgan fingerprint density at radius 1 is 1.44 bits per heavy atom. The van der Waals surface area contributed by atoms with Gasteiger partial charge in [-0.2, -0.15) is 5.10 Å². The summed E-state index contributed by atoms with van der Waals surface area (Å²) < 4.78 is 10.0. The highest BCUT2D eigenvalue weighted by Crippen LogP contribution is 2.10. The first-order valence-corrected chi connectivity index (χ1v) is 5.87. The molecule has 1 aromatic rings. The maximum Gasteiger partial charge on any atom is 0.187 e. The molecule has 2 N–H and O–H groups in total. The number of nitrogens with zero attached hydrogens (tertiary/aromatic N) is 1. The number of hydrogen-bond donors (Lipinski definition) is 2. The number of benzene rings is 1. The van der Waals surface area contributed by atoms with E-state index in [2.05, 4.69) is 15.8 Å². The first kappa shape index (κ1) is 14.4. The van der Waals surface area contributed by atoms with E-state index in [-0.39, 0.29) is 0 Å². The van der Waals surface area contributed by atoms with Gasteiger partial charge < -0.3 is 14.8 Å². The monoisotopic (exact) mass is 267 g/mol. The van der Waals surface area contributed by atoms with Gasteiger partial charge in [0.05, 0.1) is 19.9 Å². The highest BCUT2D eigenvalue weighted by Gasteiger charge is 1.93. The van der Waals surface area contributed by atoms with Crippen LogP contribution in [0, 0.1) is 0 Å². The summed E-state index contributed by atoms with van der Waals surface area (Å²) in [4.78, 5) is 0. The van der Waals surface area contributed by atoms with Crippen LogP contribution in [0.4, 0.5) is 0 Å². The third kappa shape index (κ3) is 5.60. The number of methoxy groups -OCH3 is 2. The molecule has 0 fully saturated rings. The molecule has 0 aliphatic rings. The van der Waals surface area contributed by atoms with Crippen LogP contribution in [0.15, 0.2) is 29.4 Å². The van der Waals surface area contributed by atoms with Crippen LogP contribution in [0.5, 0.6) is 5.75 Å². The van der Waals surface area contributed by atoms with Crippen molar-refractivity contribution >= 4 is 23.5 Å². The quantitative estimate of drug-likeness (QED) is 0.350. The molecule has 6 heteroatoms. The number of thiocarbonyl (C=S) groups is 1. The number of ether oxygens (including phenoxy) is 2. The largest absolute Gasteiger partial charge is 0.497 e. The Labute approximate surface area is 112 Å². The van der Waals surface area contributed by atoms with Crippen molar-refractivity contribution in [2.75, 3.05) is 27.4 Å². The number of rotatable bonds is 6. The highest BCUT2D eigenvalue weighted by molar-refractivity contribution is 7.80. The molecule has 0 bridgehead atoms. The smallest absolute Gasteiger partial charge is 0.187 e. The van der Waals surface area contributed by atoms with Crippen molar-refractivity contribution in [2.45, 2.75) is 0 Å². The van der Waals surface area contributed by atoms with Crippen LogP contribution in [0.1, 0.15) is 5.56 Å². The van der Waals surface area contributed by atoms with Crippen LogP contribution in [0.2, 0.25) is 0 Å². The number of hydrazone groups is 1. The number of hydrogen-bond acceptors (Lipinski definition) is 4. The fourth-order valence-electron chi connectivity index (χ4n) is 1.19. The second-order valence-electron chi connectivity index (χ2n) is 3.40. The summed E-state index contributed by atoms with van der Waals surface area (Å²) in [6, 6.07) is 7.58. The van der Waals surface area contributed by atoms with E-state index in [1.54, 1.807) is 20.4 Å². The Balaban J connectivity index is 2.37. The van der Waals surface area contributed by atoms with Gasteiger partial charge in [0, 0.05) is 13.7 Å². The molecule has 0 aliphatic carbocycles. The Kier molecular flexibility index (Phi) is 6.75. The topological polar surface area (TPSA) is 54.9 Å². The van der Waals surface area contributed by atoms with Crippen molar-refractivity contribution in [3.8, 4) is 5.75 Å². The van der Waals surface area contributed by atoms with E-state index in [4.69, 9.17) is 21.7 Å². The summed E-state index contributed by atoms with van der Waals surface area (Å²) in [5.41, 5.74) is 3.65. The Morgan fingerprint density at radius 3 is 3.00 bits per heavy atom. The molecular weight excluding hydrogens is 250 g/mol. The molecule has 0 radical (unpaired) electrons. The molecule has 0 aliphatic heterocycles. The van der Waals surface area contributed by atoms with Crippen LogP contribution in [0.25, 0.3) is 0 Å². The average molecular weight is 267 g/mol. The lowest BCUT2D eigenvalue weighted by atomic mass is 10.2. The molecule has 18 heavy (non-hydrogen) atoms. The molecule has 0 saturated heterocycles. The Bertz CT molecular complexity index is 410. The molecule has 0 amide bonds. The standard InChI is InChI=1S/C12H17N3O2S/c1-16-7-6-13-12(18)15-14-9-10-4-3-5-11(8-10)17-2/h3-5,8-9H,6-7H2,1-2H3,(H2,13,15,18). The van der Waals surface area contributed by atoms with Crippen molar-refractivity contribution in [1.29, 1.82) is 0 Å². The second kappa shape index (κ2) is 8.43. The molecule has 0 spiro atoms. The molecule has 0 unspecified atom stereocenters. The fourth-order valence-corrected chi connectivity index (χ4v) is 1.35. The molecule has 98 valence electrons. The van der Waals surface area contributed by atoms with Crippen LogP contribution < -0.4 is 15.5 Å². The normalized spacial score (nSPS) is 10.3. The summed E-state index contributed by atoms with van der Waals surface area (Å²) in [6.07, 6.45) is 1.67.